The number of aryl methyl sites for hydroxylation is 1. The SMILES string of the molecule is CCNC(=O)Nc1cc(Nc2ccccc2)c(C(=O)Nc2cc(C(=O)O)n(C)c2)cn1. The van der Waals surface area contributed by atoms with Crippen LogP contribution < -0.4 is 21.3 Å². The lowest BCUT2D eigenvalue weighted by molar-refractivity contribution is 0.0686. The van der Waals surface area contributed by atoms with E-state index in [1.807, 2.05) is 30.3 Å². The van der Waals surface area contributed by atoms with E-state index in [1.54, 1.807) is 20.0 Å². The summed E-state index contributed by atoms with van der Waals surface area (Å²) in [5, 5.41) is 20.2. The van der Waals surface area contributed by atoms with Crippen LogP contribution in [0.15, 0.2) is 54.9 Å². The molecule has 0 radical (unpaired) electrons. The fraction of sp³-hybridized carbons (Fsp3) is 0.143. The highest BCUT2D eigenvalue weighted by atomic mass is 16.4. The van der Waals surface area contributed by atoms with Crippen molar-refractivity contribution in [3.05, 3.63) is 66.1 Å². The smallest absolute Gasteiger partial charge is 0.352 e. The van der Waals surface area contributed by atoms with E-state index < -0.39 is 17.9 Å². The Bertz CT molecular complexity index is 1110. The molecule has 3 amide bonds. The van der Waals surface area contributed by atoms with Crippen LogP contribution in [0.3, 0.4) is 0 Å². The molecule has 0 saturated heterocycles. The maximum absolute atomic E-state index is 12.9. The predicted molar refractivity (Wildman–Crippen MR) is 117 cm³/mol. The van der Waals surface area contributed by atoms with Crippen LogP contribution >= 0.6 is 0 Å². The highest BCUT2D eigenvalue weighted by molar-refractivity contribution is 6.09. The molecule has 0 atom stereocenters. The third-order valence-electron chi connectivity index (χ3n) is 4.26. The zero-order valence-corrected chi connectivity index (χ0v) is 17.0. The van der Waals surface area contributed by atoms with Crippen molar-refractivity contribution in [2.75, 3.05) is 22.5 Å². The van der Waals surface area contributed by atoms with Crippen molar-refractivity contribution < 1.29 is 19.5 Å². The number of pyridine rings is 1. The number of nitrogens with one attached hydrogen (secondary N) is 4. The van der Waals surface area contributed by atoms with E-state index >= 15 is 0 Å². The lowest BCUT2D eigenvalue weighted by atomic mass is 10.2. The van der Waals surface area contributed by atoms with Crippen LogP contribution in [-0.4, -0.2) is 39.1 Å². The number of carbonyl (C=O) groups is 3. The number of amides is 3. The number of urea groups is 1. The summed E-state index contributed by atoms with van der Waals surface area (Å²) in [5.74, 6) is -1.33. The molecule has 10 nitrogen and oxygen atoms in total. The molecule has 3 rings (SSSR count). The van der Waals surface area contributed by atoms with Crippen LogP contribution in [0.25, 0.3) is 0 Å². The summed E-state index contributed by atoms with van der Waals surface area (Å²) in [5.41, 5.74) is 1.74. The van der Waals surface area contributed by atoms with Gasteiger partial charge >= 0.3 is 12.0 Å². The second-order valence-electron chi connectivity index (χ2n) is 6.57. The number of rotatable bonds is 7. The molecule has 160 valence electrons. The topological polar surface area (TPSA) is 137 Å². The first-order valence-corrected chi connectivity index (χ1v) is 9.45. The molecular weight excluding hydrogens is 400 g/mol. The van der Waals surface area contributed by atoms with Gasteiger partial charge in [-0.2, -0.15) is 0 Å². The summed E-state index contributed by atoms with van der Waals surface area (Å²) in [6.45, 7) is 2.25. The molecule has 31 heavy (non-hydrogen) atoms. The number of carboxylic acids is 1. The average Bonchev–Trinajstić information content (AvgIpc) is 3.09. The van der Waals surface area contributed by atoms with Crippen LogP contribution in [0.4, 0.5) is 27.7 Å². The van der Waals surface area contributed by atoms with Crippen molar-refractivity contribution >= 4 is 40.8 Å². The molecule has 0 aliphatic rings. The van der Waals surface area contributed by atoms with Gasteiger partial charge < -0.3 is 25.6 Å². The number of aromatic carboxylic acids is 1. The summed E-state index contributed by atoms with van der Waals surface area (Å²) in [4.78, 5) is 40.1. The Hall–Kier alpha value is -4.34. The fourth-order valence-electron chi connectivity index (χ4n) is 2.85. The molecule has 0 bridgehead atoms. The standard InChI is InChI=1S/C21H22N6O4/c1-3-22-21(31)26-18-10-16(24-13-7-5-4-6-8-13)15(11-23-18)19(28)25-14-9-17(20(29)30)27(2)12-14/h4-12H,3H2,1-2H3,(H,25,28)(H,29,30)(H3,22,23,24,26,31). The van der Waals surface area contributed by atoms with E-state index in [0.29, 0.717) is 17.9 Å². The molecule has 0 aliphatic heterocycles. The van der Waals surface area contributed by atoms with Gasteiger partial charge in [0.15, 0.2) is 0 Å². The van der Waals surface area contributed by atoms with Gasteiger partial charge in [0.05, 0.1) is 16.9 Å². The first-order valence-electron chi connectivity index (χ1n) is 9.45. The van der Waals surface area contributed by atoms with Crippen LogP contribution in [-0.2, 0) is 7.05 Å². The van der Waals surface area contributed by atoms with E-state index in [2.05, 4.69) is 26.3 Å². The molecule has 0 saturated carbocycles. The van der Waals surface area contributed by atoms with Gasteiger partial charge in [-0.15, -0.1) is 0 Å². The quantitative estimate of drug-likeness (QED) is 0.396. The van der Waals surface area contributed by atoms with Crippen LogP contribution in [0, 0.1) is 0 Å². The second-order valence-corrected chi connectivity index (χ2v) is 6.57. The van der Waals surface area contributed by atoms with E-state index in [0.717, 1.165) is 5.69 Å². The zero-order chi connectivity index (χ0) is 22.4. The molecule has 0 fully saturated rings. The highest BCUT2D eigenvalue weighted by Crippen LogP contribution is 2.25. The number of aromatic nitrogens is 2. The van der Waals surface area contributed by atoms with Gasteiger partial charge in [-0.25, -0.2) is 14.6 Å². The van der Waals surface area contributed by atoms with Gasteiger partial charge in [-0.05, 0) is 25.1 Å². The number of para-hydroxylation sites is 1. The van der Waals surface area contributed by atoms with Crippen molar-refractivity contribution in [1.82, 2.24) is 14.9 Å². The number of anilines is 4. The van der Waals surface area contributed by atoms with Gasteiger partial charge in [0, 0.05) is 37.7 Å². The Morgan fingerprint density at radius 2 is 1.81 bits per heavy atom. The van der Waals surface area contributed by atoms with Gasteiger partial charge in [0.2, 0.25) is 0 Å². The summed E-state index contributed by atoms with van der Waals surface area (Å²) in [6.07, 6.45) is 2.84. The number of carboxylic acid groups (broad SMARTS) is 1. The number of benzene rings is 1. The Kier molecular flexibility index (Phi) is 6.51. The first-order chi connectivity index (χ1) is 14.9. The monoisotopic (exact) mass is 422 g/mol. The van der Waals surface area contributed by atoms with Crippen molar-refractivity contribution in [3.63, 3.8) is 0 Å². The Morgan fingerprint density at radius 1 is 1.06 bits per heavy atom. The largest absolute Gasteiger partial charge is 0.477 e. The Morgan fingerprint density at radius 3 is 2.45 bits per heavy atom. The Labute approximate surface area is 178 Å². The number of carbonyl (C=O) groups excluding carboxylic acids is 2. The minimum Gasteiger partial charge on any atom is -0.477 e. The van der Waals surface area contributed by atoms with Gasteiger partial charge in [0.1, 0.15) is 11.5 Å². The summed E-state index contributed by atoms with van der Waals surface area (Å²) in [6, 6.07) is 11.7. The van der Waals surface area contributed by atoms with E-state index in [9.17, 15) is 19.5 Å². The maximum atomic E-state index is 12.9. The third-order valence-corrected chi connectivity index (χ3v) is 4.26. The van der Waals surface area contributed by atoms with E-state index in [-0.39, 0.29) is 17.1 Å². The summed E-state index contributed by atoms with van der Waals surface area (Å²) < 4.78 is 1.40. The molecule has 0 aliphatic carbocycles. The molecule has 0 unspecified atom stereocenters. The van der Waals surface area contributed by atoms with Crippen LogP contribution in [0.2, 0.25) is 0 Å². The minimum atomic E-state index is -1.10. The first kappa shape index (κ1) is 21.4. The maximum Gasteiger partial charge on any atom is 0.352 e. The normalized spacial score (nSPS) is 10.3. The molecule has 5 N–H and O–H groups in total. The van der Waals surface area contributed by atoms with Crippen molar-refractivity contribution in [2.24, 2.45) is 7.05 Å². The van der Waals surface area contributed by atoms with Crippen molar-refractivity contribution in [2.45, 2.75) is 6.92 Å². The van der Waals surface area contributed by atoms with Gasteiger partial charge in [0.25, 0.3) is 5.91 Å². The molecule has 0 spiro atoms. The molecule has 2 heterocycles. The Balaban J connectivity index is 1.89. The van der Waals surface area contributed by atoms with E-state index in [1.165, 1.54) is 23.0 Å². The molecular formula is C21H22N6O4. The van der Waals surface area contributed by atoms with Crippen molar-refractivity contribution in [3.8, 4) is 0 Å². The lowest BCUT2D eigenvalue weighted by Crippen LogP contribution is -2.28. The van der Waals surface area contributed by atoms with Crippen LogP contribution in [0.1, 0.15) is 27.8 Å². The molecule has 1 aromatic carbocycles. The number of hydrogen-bond donors (Lipinski definition) is 5. The lowest BCUT2D eigenvalue weighted by Gasteiger charge is -2.14. The average molecular weight is 422 g/mol. The molecule has 2 aromatic heterocycles. The molecule has 3 aromatic rings. The predicted octanol–water partition coefficient (Wildman–Crippen LogP) is 3.26. The zero-order valence-electron chi connectivity index (χ0n) is 17.0. The highest BCUT2D eigenvalue weighted by Gasteiger charge is 2.17. The summed E-state index contributed by atoms with van der Waals surface area (Å²) in [7, 11) is 1.57. The molecule has 10 heteroatoms. The van der Waals surface area contributed by atoms with Gasteiger partial charge in [-0.1, -0.05) is 18.2 Å². The number of hydrogen-bond acceptors (Lipinski definition) is 5. The van der Waals surface area contributed by atoms with Crippen molar-refractivity contribution in [1.29, 1.82) is 0 Å². The fourth-order valence-corrected chi connectivity index (χ4v) is 2.85. The van der Waals surface area contributed by atoms with Crippen LogP contribution in [0.5, 0.6) is 0 Å². The van der Waals surface area contributed by atoms with E-state index in [4.69, 9.17) is 0 Å². The minimum absolute atomic E-state index is 0.0394. The number of nitrogens with zero attached hydrogens (tertiary/aromatic N) is 2. The second kappa shape index (κ2) is 9.44. The summed E-state index contributed by atoms with van der Waals surface area (Å²) >= 11 is 0. The third kappa shape index (κ3) is 5.38. The van der Waals surface area contributed by atoms with Gasteiger partial charge in [-0.3, -0.25) is 10.1 Å².